The zero-order valence-electron chi connectivity index (χ0n) is 9.28. The first-order chi connectivity index (χ1) is 7.59. The third-order valence-corrected chi connectivity index (χ3v) is 2.79. The lowest BCUT2D eigenvalue weighted by Gasteiger charge is -2.25. The largest absolute Gasteiger partial charge is 0.348 e. The first-order valence-corrected chi connectivity index (χ1v) is 5.38. The minimum absolute atomic E-state index is 0.205. The fourth-order valence-corrected chi connectivity index (χ4v) is 1.90. The molecule has 1 fully saturated rings. The maximum atomic E-state index is 12.7. The van der Waals surface area contributed by atoms with Gasteiger partial charge in [0.15, 0.2) is 5.79 Å². The number of hydrogen-bond acceptors (Lipinski definition) is 3. The van der Waals surface area contributed by atoms with Crippen LogP contribution in [0.15, 0.2) is 24.3 Å². The summed E-state index contributed by atoms with van der Waals surface area (Å²) in [6.45, 7) is 3.09. The highest BCUT2D eigenvalue weighted by Crippen LogP contribution is 2.29. The standard InChI is InChI=1S/C12H16FNO2/c1-12(15-6-7-16-12)8-11(14)9-2-4-10(13)5-3-9/h2-5,11H,6-8,14H2,1H3. The van der Waals surface area contributed by atoms with E-state index in [0.717, 1.165) is 5.56 Å². The van der Waals surface area contributed by atoms with Crippen LogP contribution in [-0.4, -0.2) is 19.0 Å². The molecule has 0 aromatic heterocycles. The molecule has 0 saturated carbocycles. The molecule has 4 heteroatoms. The summed E-state index contributed by atoms with van der Waals surface area (Å²) in [6, 6.07) is 6.00. The van der Waals surface area contributed by atoms with E-state index in [-0.39, 0.29) is 11.9 Å². The Morgan fingerprint density at radius 1 is 1.31 bits per heavy atom. The van der Waals surface area contributed by atoms with E-state index in [0.29, 0.717) is 19.6 Å². The van der Waals surface area contributed by atoms with Gasteiger partial charge in [0.05, 0.1) is 13.2 Å². The Hall–Kier alpha value is -0.970. The van der Waals surface area contributed by atoms with Crippen LogP contribution in [0.4, 0.5) is 4.39 Å². The maximum absolute atomic E-state index is 12.7. The van der Waals surface area contributed by atoms with Crippen LogP contribution < -0.4 is 5.73 Å². The van der Waals surface area contributed by atoms with Crippen LogP contribution in [0.1, 0.15) is 24.9 Å². The summed E-state index contributed by atoms with van der Waals surface area (Å²) in [6.07, 6.45) is 0.568. The van der Waals surface area contributed by atoms with Crippen LogP contribution in [0.2, 0.25) is 0 Å². The smallest absolute Gasteiger partial charge is 0.167 e. The minimum atomic E-state index is -0.603. The minimum Gasteiger partial charge on any atom is -0.348 e. The molecule has 1 saturated heterocycles. The molecular weight excluding hydrogens is 209 g/mol. The molecule has 1 heterocycles. The fourth-order valence-electron chi connectivity index (χ4n) is 1.90. The molecule has 1 aliphatic rings. The van der Waals surface area contributed by atoms with Gasteiger partial charge >= 0.3 is 0 Å². The van der Waals surface area contributed by atoms with Gasteiger partial charge in [0.2, 0.25) is 0 Å². The summed E-state index contributed by atoms with van der Waals surface area (Å²) in [5.41, 5.74) is 6.92. The molecule has 1 aromatic rings. The Kier molecular flexibility index (Phi) is 3.23. The second-order valence-corrected chi connectivity index (χ2v) is 4.19. The van der Waals surface area contributed by atoms with Crippen molar-refractivity contribution in [2.45, 2.75) is 25.2 Å². The van der Waals surface area contributed by atoms with Crippen LogP contribution in [0.25, 0.3) is 0 Å². The predicted octanol–water partition coefficient (Wildman–Crippen LogP) is 1.98. The number of benzene rings is 1. The number of rotatable bonds is 3. The van der Waals surface area contributed by atoms with Crippen molar-refractivity contribution in [3.05, 3.63) is 35.6 Å². The lowest BCUT2D eigenvalue weighted by Crippen LogP contribution is -2.31. The van der Waals surface area contributed by atoms with Crippen LogP contribution in [-0.2, 0) is 9.47 Å². The summed E-state index contributed by atoms with van der Waals surface area (Å²) < 4.78 is 23.7. The Labute approximate surface area is 94.3 Å². The van der Waals surface area contributed by atoms with Gasteiger partial charge in [-0.3, -0.25) is 0 Å². The van der Waals surface area contributed by atoms with E-state index >= 15 is 0 Å². The van der Waals surface area contributed by atoms with E-state index in [9.17, 15) is 4.39 Å². The van der Waals surface area contributed by atoms with Crippen molar-refractivity contribution in [3.63, 3.8) is 0 Å². The zero-order chi connectivity index (χ0) is 11.6. The molecule has 1 unspecified atom stereocenters. The topological polar surface area (TPSA) is 44.5 Å². The molecular formula is C12H16FNO2. The van der Waals surface area contributed by atoms with E-state index in [4.69, 9.17) is 15.2 Å². The highest BCUT2D eigenvalue weighted by atomic mass is 19.1. The van der Waals surface area contributed by atoms with E-state index < -0.39 is 5.79 Å². The Balaban J connectivity index is 2.02. The quantitative estimate of drug-likeness (QED) is 0.855. The molecule has 0 bridgehead atoms. The predicted molar refractivity (Wildman–Crippen MR) is 58.3 cm³/mol. The molecule has 16 heavy (non-hydrogen) atoms. The molecule has 0 radical (unpaired) electrons. The van der Waals surface area contributed by atoms with Crippen molar-refractivity contribution < 1.29 is 13.9 Å². The SMILES string of the molecule is CC1(CC(N)c2ccc(F)cc2)OCCO1. The van der Waals surface area contributed by atoms with Crippen molar-refractivity contribution in [1.82, 2.24) is 0 Å². The lowest BCUT2D eigenvalue weighted by atomic mass is 10.0. The summed E-state index contributed by atoms with van der Waals surface area (Å²) in [5, 5.41) is 0. The van der Waals surface area contributed by atoms with Gasteiger partial charge in [0.1, 0.15) is 5.82 Å². The number of ether oxygens (including phenoxy) is 2. The van der Waals surface area contributed by atoms with Gasteiger partial charge < -0.3 is 15.2 Å². The van der Waals surface area contributed by atoms with Crippen LogP contribution in [0, 0.1) is 5.82 Å². The molecule has 0 spiro atoms. The van der Waals surface area contributed by atoms with Crippen LogP contribution >= 0.6 is 0 Å². The molecule has 88 valence electrons. The van der Waals surface area contributed by atoms with Gasteiger partial charge in [0.25, 0.3) is 0 Å². The van der Waals surface area contributed by atoms with Crippen molar-refractivity contribution in [3.8, 4) is 0 Å². The van der Waals surface area contributed by atoms with Gasteiger partial charge in [-0.25, -0.2) is 4.39 Å². The molecule has 1 aromatic carbocycles. The third-order valence-electron chi connectivity index (χ3n) is 2.79. The van der Waals surface area contributed by atoms with E-state index in [1.807, 2.05) is 6.92 Å². The second kappa shape index (κ2) is 4.49. The normalized spacial score (nSPS) is 20.9. The third kappa shape index (κ3) is 2.58. The highest BCUT2D eigenvalue weighted by molar-refractivity contribution is 5.19. The van der Waals surface area contributed by atoms with E-state index in [1.165, 1.54) is 12.1 Å². The molecule has 3 nitrogen and oxygen atoms in total. The van der Waals surface area contributed by atoms with Gasteiger partial charge in [-0.1, -0.05) is 12.1 Å². The van der Waals surface area contributed by atoms with Crippen LogP contribution in [0.3, 0.4) is 0 Å². The average Bonchev–Trinajstić information content (AvgIpc) is 2.65. The van der Waals surface area contributed by atoms with Crippen LogP contribution in [0.5, 0.6) is 0 Å². The Bertz CT molecular complexity index is 347. The highest BCUT2D eigenvalue weighted by Gasteiger charge is 2.33. The summed E-state index contributed by atoms with van der Waals surface area (Å²) in [7, 11) is 0. The first kappa shape index (κ1) is 11.5. The molecule has 0 amide bonds. The monoisotopic (exact) mass is 225 g/mol. The van der Waals surface area contributed by atoms with Gasteiger partial charge in [-0.2, -0.15) is 0 Å². The zero-order valence-corrected chi connectivity index (χ0v) is 9.28. The maximum Gasteiger partial charge on any atom is 0.167 e. The second-order valence-electron chi connectivity index (χ2n) is 4.19. The summed E-state index contributed by atoms with van der Waals surface area (Å²) >= 11 is 0. The van der Waals surface area contributed by atoms with E-state index in [2.05, 4.69) is 0 Å². The summed E-state index contributed by atoms with van der Waals surface area (Å²) in [5.74, 6) is -0.858. The van der Waals surface area contributed by atoms with Crippen molar-refractivity contribution in [2.75, 3.05) is 13.2 Å². The first-order valence-electron chi connectivity index (χ1n) is 5.38. The van der Waals surface area contributed by atoms with E-state index in [1.54, 1.807) is 12.1 Å². The van der Waals surface area contributed by atoms with Crippen molar-refractivity contribution in [2.24, 2.45) is 5.73 Å². The molecule has 0 aliphatic carbocycles. The van der Waals surface area contributed by atoms with Crippen molar-refractivity contribution in [1.29, 1.82) is 0 Å². The van der Waals surface area contributed by atoms with Gasteiger partial charge in [0, 0.05) is 12.5 Å². The molecule has 2 N–H and O–H groups in total. The average molecular weight is 225 g/mol. The Morgan fingerprint density at radius 2 is 1.88 bits per heavy atom. The molecule has 1 aliphatic heterocycles. The lowest BCUT2D eigenvalue weighted by molar-refractivity contribution is -0.150. The summed E-state index contributed by atoms with van der Waals surface area (Å²) in [4.78, 5) is 0. The number of hydrogen-bond donors (Lipinski definition) is 1. The van der Waals surface area contributed by atoms with Gasteiger partial charge in [-0.05, 0) is 24.6 Å². The molecule has 1 atom stereocenters. The number of nitrogens with two attached hydrogens (primary N) is 1. The molecule has 2 rings (SSSR count). The fraction of sp³-hybridized carbons (Fsp3) is 0.500. The van der Waals surface area contributed by atoms with Crippen molar-refractivity contribution >= 4 is 0 Å². The Morgan fingerprint density at radius 3 is 2.44 bits per heavy atom. The van der Waals surface area contributed by atoms with Gasteiger partial charge in [-0.15, -0.1) is 0 Å². The number of halogens is 1.